The quantitative estimate of drug-likeness (QED) is 0.913. The van der Waals surface area contributed by atoms with Crippen molar-refractivity contribution in [1.29, 1.82) is 0 Å². The predicted molar refractivity (Wildman–Crippen MR) is 74.5 cm³/mol. The minimum Gasteiger partial charge on any atom is -0.478 e. The number of rotatable bonds is 4. The molecule has 0 saturated heterocycles. The highest BCUT2D eigenvalue weighted by molar-refractivity contribution is 5.94. The number of carboxylic acid groups (broad SMARTS) is 1. The Labute approximate surface area is 112 Å². The van der Waals surface area contributed by atoms with Crippen LogP contribution in [0.1, 0.15) is 21.5 Å². The van der Waals surface area contributed by atoms with Crippen molar-refractivity contribution in [3.63, 3.8) is 0 Å². The van der Waals surface area contributed by atoms with Crippen molar-refractivity contribution in [2.45, 2.75) is 13.5 Å². The van der Waals surface area contributed by atoms with Gasteiger partial charge in [0.2, 0.25) is 0 Å². The molecular formula is C15H16N2O2. The monoisotopic (exact) mass is 256 g/mol. The SMILES string of the molecule is Cc1ccc(CN(C)c2cnccc2C(=O)O)cc1. The number of carboxylic acids is 1. The van der Waals surface area contributed by atoms with Gasteiger partial charge in [-0.25, -0.2) is 4.79 Å². The Morgan fingerprint density at radius 3 is 2.58 bits per heavy atom. The summed E-state index contributed by atoms with van der Waals surface area (Å²) in [6, 6.07) is 9.70. The number of anilines is 1. The van der Waals surface area contributed by atoms with Gasteiger partial charge in [0.05, 0.1) is 17.4 Å². The van der Waals surface area contributed by atoms with E-state index in [2.05, 4.69) is 4.98 Å². The van der Waals surface area contributed by atoms with Gasteiger partial charge in [0.1, 0.15) is 0 Å². The summed E-state index contributed by atoms with van der Waals surface area (Å²) in [5, 5.41) is 9.16. The Balaban J connectivity index is 2.22. The second kappa shape index (κ2) is 5.52. The lowest BCUT2D eigenvalue weighted by molar-refractivity contribution is 0.0697. The van der Waals surface area contributed by atoms with Crippen LogP contribution in [0, 0.1) is 6.92 Å². The van der Waals surface area contributed by atoms with E-state index in [1.165, 1.54) is 17.8 Å². The van der Waals surface area contributed by atoms with Gasteiger partial charge in [-0.05, 0) is 18.6 Å². The number of hydrogen-bond acceptors (Lipinski definition) is 3. The molecule has 0 bridgehead atoms. The molecule has 0 unspecified atom stereocenters. The van der Waals surface area contributed by atoms with E-state index in [4.69, 9.17) is 5.11 Å². The van der Waals surface area contributed by atoms with Gasteiger partial charge < -0.3 is 10.0 Å². The number of hydrogen-bond donors (Lipinski definition) is 1. The highest BCUT2D eigenvalue weighted by Gasteiger charge is 2.13. The fourth-order valence-corrected chi connectivity index (χ4v) is 1.92. The van der Waals surface area contributed by atoms with Gasteiger partial charge >= 0.3 is 5.97 Å². The van der Waals surface area contributed by atoms with Crippen LogP contribution in [0.25, 0.3) is 0 Å². The molecule has 0 aliphatic carbocycles. The van der Waals surface area contributed by atoms with Gasteiger partial charge in [0.25, 0.3) is 0 Å². The van der Waals surface area contributed by atoms with Crippen LogP contribution in [0.4, 0.5) is 5.69 Å². The number of pyridine rings is 1. The van der Waals surface area contributed by atoms with Crippen molar-refractivity contribution in [2.24, 2.45) is 0 Å². The van der Waals surface area contributed by atoms with Crippen molar-refractivity contribution in [1.82, 2.24) is 4.98 Å². The summed E-state index contributed by atoms with van der Waals surface area (Å²) in [5.74, 6) is -0.937. The zero-order chi connectivity index (χ0) is 13.8. The van der Waals surface area contributed by atoms with Crippen LogP contribution < -0.4 is 4.90 Å². The lowest BCUT2D eigenvalue weighted by atomic mass is 10.1. The lowest BCUT2D eigenvalue weighted by Crippen LogP contribution is -2.19. The number of aromatic nitrogens is 1. The highest BCUT2D eigenvalue weighted by atomic mass is 16.4. The molecule has 0 atom stereocenters. The summed E-state index contributed by atoms with van der Waals surface area (Å²) in [5.41, 5.74) is 3.23. The van der Waals surface area contributed by atoms with E-state index in [0.717, 1.165) is 5.56 Å². The Hall–Kier alpha value is -2.36. The molecule has 0 amide bonds. The fourth-order valence-electron chi connectivity index (χ4n) is 1.92. The molecular weight excluding hydrogens is 240 g/mol. The van der Waals surface area contributed by atoms with E-state index >= 15 is 0 Å². The molecule has 0 radical (unpaired) electrons. The average Bonchev–Trinajstić information content (AvgIpc) is 2.41. The Bertz CT molecular complexity index is 579. The summed E-state index contributed by atoms with van der Waals surface area (Å²) in [4.78, 5) is 17.1. The maximum atomic E-state index is 11.2. The number of aryl methyl sites for hydroxylation is 1. The summed E-state index contributed by atoms with van der Waals surface area (Å²) in [6.45, 7) is 2.68. The van der Waals surface area contributed by atoms with E-state index in [1.807, 2.05) is 43.1 Å². The van der Waals surface area contributed by atoms with Crippen LogP contribution in [-0.4, -0.2) is 23.1 Å². The van der Waals surface area contributed by atoms with Gasteiger partial charge in [-0.3, -0.25) is 4.98 Å². The first-order valence-electron chi connectivity index (χ1n) is 6.02. The van der Waals surface area contributed by atoms with E-state index in [9.17, 15) is 4.79 Å². The topological polar surface area (TPSA) is 53.4 Å². The molecule has 0 aliphatic rings. The van der Waals surface area contributed by atoms with E-state index < -0.39 is 5.97 Å². The smallest absolute Gasteiger partial charge is 0.337 e. The molecule has 19 heavy (non-hydrogen) atoms. The summed E-state index contributed by atoms with van der Waals surface area (Å²) in [6.07, 6.45) is 3.07. The molecule has 2 aromatic rings. The lowest BCUT2D eigenvalue weighted by Gasteiger charge is -2.20. The zero-order valence-electron chi connectivity index (χ0n) is 11.0. The van der Waals surface area contributed by atoms with Crippen LogP contribution >= 0.6 is 0 Å². The summed E-state index contributed by atoms with van der Waals surface area (Å²) in [7, 11) is 1.86. The van der Waals surface area contributed by atoms with Crippen molar-refractivity contribution in [3.8, 4) is 0 Å². The number of nitrogens with zero attached hydrogens (tertiary/aromatic N) is 2. The van der Waals surface area contributed by atoms with Crippen LogP contribution in [0.5, 0.6) is 0 Å². The van der Waals surface area contributed by atoms with Gasteiger partial charge in [0, 0.05) is 19.8 Å². The first kappa shape index (κ1) is 13.1. The third-order valence-electron chi connectivity index (χ3n) is 2.98. The normalized spacial score (nSPS) is 10.2. The molecule has 0 fully saturated rings. The maximum absolute atomic E-state index is 11.2. The molecule has 1 aromatic carbocycles. The first-order valence-corrected chi connectivity index (χ1v) is 6.02. The molecule has 4 heteroatoms. The predicted octanol–water partition coefficient (Wildman–Crippen LogP) is 2.72. The molecule has 98 valence electrons. The van der Waals surface area contributed by atoms with Gasteiger partial charge in [-0.2, -0.15) is 0 Å². The summed E-state index contributed by atoms with van der Waals surface area (Å²) >= 11 is 0. The molecule has 0 aliphatic heterocycles. The zero-order valence-corrected chi connectivity index (χ0v) is 11.0. The molecule has 0 spiro atoms. The second-order valence-corrected chi connectivity index (χ2v) is 4.54. The van der Waals surface area contributed by atoms with E-state index in [1.54, 1.807) is 6.20 Å². The summed E-state index contributed by atoms with van der Waals surface area (Å²) < 4.78 is 0. The first-order chi connectivity index (χ1) is 9.08. The van der Waals surface area contributed by atoms with E-state index in [0.29, 0.717) is 12.2 Å². The highest BCUT2D eigenvalue weighted by Crippen LogP contribution is 2.19. The molecule has 1 N–H and O–H groups in total. The number of benzene rings is 1. The minimum absolute atomic E-state index is 0.268. The van der Waals surface area contributed by atoms with Crippen LogP contribution in [0.15, 0.2) is 42.7 Å². The van der Waals surface area contributed by atoms with E-state index in [-0.39, 0.29) is 5.56 Å². The molecule has 0 saturated carbocycles. The second-order valence-electron chi connectivity index (χ2n) is 4.54. The third kappa shape index (κ3) is 3.10. The standard InChI is InChI=1S/C15H16N2O2/c1-11-3-5-12(6-4-11)10-17(2)14-9-16-8-7-13(14)15(18)19/h3-9H,10H2,1-2H3,(H,18,19). The van der Waals surface area contributed by atoms with Crippen LogP contribution in [-0.2, 0) is 6.54 Å². The maximum Gasteiger partial charge on any atom is 0.337 e. The average molecular weight is 256 g/mol. The van der Waals surface area contributed by atoms with Crippen molar-refractivity contribution in [3.05, 3.63) is 59.4 Å². The molecule has 4 nitrogen and oxygen atoms in total. The van der Waals surface area contributed by atoms with Gasteiger partial charge in [-0.1, -0.05) is 29.8 Å². The van der Waals surface area contributed by atoms with Crippen molar-refractivity contribution < 1.29 is 9.90 Å². The van der Waals surface area contributed by atoms with Crippen LogP contribution in [0.2, 0.25) is 0 Å². The Kier molecular flexibility index (Phi) is 3.80. The number of carbonyl (C=O) groups is 1. The molecule has 1 aromatic heterocycles. The third-order valence-corrected chi connectivity index (χ3v) is 2.98. The van der Waals surface area contributed by atoms with Crippen molar-refractivity contribution in [2.75, 3.05) is 11.9 Å². The van der Waals surface area contributed by atoms with Gasteiger partial charge in [-0.15, -0.1) is 0 Å². The van der Waals surface area contributed by atoms with Gasteiger partial charge in [0.15, 0.2) is 0 Å². The largest absolute Gasteiger partial charge is 0.478 e. The Morgan fingerprint density at radius 2 is 1.95 bits per heavy atom. The number of aromatic carboxylic acids is 1. The fraction of sp³-hybridized carbons (Fsp3) is 0.200. The minimum atomic E-state index is -0.937. The van der Waals surface area contributed by atoms with Crippen LogP contribution in [0.3, 0.4) is 0 Å². The molecule has 2 rings (SSSR count). The molecule has 1 heterocycles. The van der Waals surface area contributed by atoms with Crippen molar-refractivity contribution >= 4 is 11.7 Å². The Morgan fingerprint density at radius 1 is 1.26 bits per heavy atom.